The van der Waals surface area contributed by atoms with Gasteiger partial charge in [-0.05, 0) is 25.5 Å². The van der Waals surface area contributed by atoms with Gasteiger partial charge < -0.3 is 9.84 Å². The molecule has 0 bridgehead atoms. The zero-order chi connectivity index (χ0) is 20.1. The number of aryl methyl sites for hydroxylation is 1. The largest absolute Gasteiger partial charge is 0.494 e. The average Bonchev–Trinajstić information content (AvgIpc) is 2.63. The first kappa shape index (κ1) is 19.6. The van der Waals surface area contributed by atoms with Gasteiger partial charge >= 0.3 is 0 Å². The van der Waals surface area contributed by atoms with Crippen LogP contribution in [-0.4, -0.2) is 28.0 Å². The topological polar surface area (TPSA) is 136 Å². The average molecular weight is 366 g/mol. The standard InChI is InChI=1S/C18H18N6O3/c1-10-5-12(9-27-4)14(7-20)16(22-10)23-21-8-15-11(2)13(6-19)17(25)24(3)18(15)26/h5,8,26H,9H2,1-4H3,(H,22,23). The fraction of sp³-hybridized carbons (Fsp3) is 0.278. The first-order chi connectivity index (χ1) is 12.8. The first-order valence-corrected chi connectivity index (χ1v) is 7.86. The Morgan fingerprint density at radius 2 is 2.04 bits per heavy atom. The van der Waals surface area contributed by atoms with Crippen LogP contribution in [0.15, 0.2) is 16.0 Å². The Kier molecular flexibility index (Phi) is 5.91. The van der Waals surface area contributed by atoms with Crippen molar-refractivity contribution in [1.29, 1.82) is 10.5 Å². The van der Waals surface area contributed by atoms with Gasteiger partial charge in [-0.3, -0.25) is 14.8 Å². The van der Waals surface area contributed by atoms with Gasteiger partial charge in [0.1, 0.15) is 23.3 Å². The van der Waals surface area contributed by atoms with E-state index in [1.807, 2.05) is 6.07 Å². The number of aromatic nitrogens is 2. The van der Waals surface area contributed by atoms with E-state index < -0.39 is 5.56 Å². The third-order valence-corrected chi connectivity index (χ3v) is 3.97. The van der Waals surface area contributed by atoms with E-state index in [4.69, 9.17) is 10.00 Å². The molecule has 0 aliphatic carbocycles. The molecule has 0 radical (unpaired) electrons. The van der Waals surface area contributed by atoms with Crippen LogP contribution in [0.3, 0.4) is 0 Å². The van der Waals surface area contributed by atoms with Gasteiger partial charge in [-0.15, -0.1) is 0 Å². The van der Waals surface area contributed by atoms with Crippen molar-refractivity contribution in [3.63, 3.8) is 0 Å². The van der Waals surface area contributed by atoms with Crippen molar-refractivity contribution < 1.29 is 9.84 Å². The quantitative estimate of drug-likeness (QED) is 0.603. The summed E-state index contributed by atoms with van der Waals surface area (Å²) in [7, 11) is 2.88. The number of nitriles is 2. The predicted octanol–water partition coefficient (Wildman–Crippen LogP) is 1.44. The van der Waals surface area contributed by atoms with Crippen molar-refractivity contribution in [2.24, 2.45) is 12.1 Å². The molecule has 9 nitrogen and oxygen atoms in total. The molecule has 0 aromatic carbocycles. The lowest BCUT2D eigenvalue weighted by Crippen LogP contribution is -2.22. The Morgan fingerprint density at radius 1 is 1.37 bits per heavy atom. The van der Waals surface area contributed by atoms with E-state index in [1.165, 1.54) is 20.4 Å². The Labute approximate surface area is 155 Å². The molecule has 0 atom stereocenters. The molecule has 27 heavy (non-hydrogen) atoms. The zero-order valence-electron chi connectivity index (χ0n) is 15.4. The second kappa shape index (κ2) is 8.13. The molecule has 2 aromatic rings. The summed E-state index contributed by atoms with van der Waals surface area (Å²) >= 11 is 0. The van der Waals surface area contributed by atoms with Crippen molar-refractivity contribution in [1.82, 2.24) is 9.55 Å². The summed E-state index contributed by atoms with van der Waals surface area (Å²) in [5, 5.41) is 32.8. The number of aromatic hydroxyl groups is 1. The van der Waals surface area contributed by atoms with Gasteiger partial charge in [-0.25, -0.2) is 4.98 Å². The Balaban J connectivity index is 2.46. The van der Waals surface area contributed by atoms with Gasteiger partial charge in [-0.1, -0.05) is 0 Å². The normalized spacial score (nSPS) is 10.6. The van der Waals surface area contributed by atoms with E-state index in [9.17, 15) is 15.2 Å². The molecule has 2 heterocycles. The van der Waals surface area contributed by atoms with Crippen LogP contribution in [0.4, 0.5) is 5.82 Å². The Morgan fingerprint density at radius 3 is 2.63 bits per heavy atom. The first-order valence-electron chi connectivity index (χ1n) is 7.86. The Hall–Kier alpha value is -3.69. The minimum atomic E-state index is -0.589. The molecule has 0 aliphatic rings. The third kappa shape index (κ3) is 3.78. The van der Waals surface area contributed by atoms with E-state index in [-0.39, 0.29) is 29.4 Å². The summed E-state index contributed by atoms with van der Waals surface area (Å²) < 4.78 is 6.06. The van der Waals surface area contributed by atoms with Crippen molar-refractivity contribution in [3.8, 4) is 18.0 Å². The molecule has 138 valence electrons. The molecule has 0 saturated carbocycles. The number of methoxy groups -OCH3 is 1. The number of anilines is 1. The summed E-state index contributed by atoms with van der Waals surface area (Å²) in [5.74, 6) is -0.0805. The summed E-state index contributed by atoms with van der Waals surface area (Å²) in [6, 6.07) is 5.65. The number of pyridine rings is 2. The summed E-state index contributed by atoms with van der Waals surface area (Å²) in [5.41, 5.74) is 4.16. The fourth-order valence-corrected chi connectivity index (χ4v) is 2.57. The smallest absolute Gasteiger partial charge is 0.271 e. The maximum Gasteiger partial charge on any atom is 0.271 e. The maximum atomic E-state index is 12.0. The molecule has 0 aliphatic heterocycles. The molecule has 2 N–H and O–H groups in total. The van der Waals surface area contributed by atoms with Crippen LogP contribution in [0.5, 0.6) is 5.88 Å². The second-order valence-electron chi connectivity index (χ2n) is 5.77. The summed E-state index contributed by atoms with van der Waals surface area (Å²) in [6.07, 6.45) is 1.27. The summed E-state index contributed by atoms with van der Waals surface area (Å²) in [4.78, 5) is 16.2. The minimum Gasteiger partial charge on any atom is -0.494 e. The van der Waals surface area contributed by atoms with Gasteiger partial charge in [0.15, 0.2) is 5.82 Å². The fourth-order valence-electron chi connectivity index (χ4n) is 2.57. The molecule has 2 aromatic heterocycles. The number of hydrogen-bond donors (Lipinski definition) is 2. The molecule has 0 fully saturated rings. The van der Waals surface area contributed by atoms with Crippen LogP contribution in [-0.2, 0) is 18.4 Å². The van der Waals surface area contributed by atoms with Gasteiger partial charge in [0.05, 0.1) is 18.4 Å². The molecular weight excluding hydrogens is 348 g/mol. The lowest BCUT2D eigenvalue weighted by molar-refractivity contribution is 0.184. The molecule has 9 heteroatoms. The number of nitrogens with zero attached hydrogens (tertiary/aromatic N) is 5. The lowest BCUT2D eigenvalue weighted by atomic mass is 10.1. The molecule has 0 saturated heterocycles. The van der Waals surface area contributed by atoms with Gasteiger partial charge in [0, 0.05) is 25.4 Å². The SMILES string of the molecule is COCc1cc(C)nc(NN=Cc2c(C)c(C#N)c(=O)n(C)c2O)c1C#N. The van der Waals surface area contributed by atoms with Gasteiger partial charge in [0.2, 0.25) is 5.88 Å². The van der Waals surface area contributed by atoms with Crippen LogP contribution in [0.25, 0.3) is 0 Å². The van der Waals surface area contributed by atoms with Crippen molar-refractivity contribution in [3.05, 3.63) is 49.9 Å². The molecule has 0 unspecified atom stereocenters. The predicted molar refractivity (Wildman–Crippen MR) is 98.4 cm³/mol. The van der Waals surface area contributed by atoms with Crippen LogP contribution in [0, 0.1) is 36.5 Å². The second-order valence-corrected chi connectivity index (χ2v) is 5.77. The Bertz CT molecular complexity index is 1060. The van der Waals surface area contributed by atoms with Gasteiger partial charge in [-0.2, -0.15) is 15.6 Å². The molecule has 2 rings (SSSR count). The highest BCUT2D eigenvalue weighted by atomic mass is 16.5. The number of hydrazone groups is 1. The number of hydrogen-bond acceptors (Lipinski definition) is 8. The summed E-state index contributed by atoms with van der Waals surface area (Å²) in [6.45, 7) is 3.57. The van der Waals surface area contributed by atoms with E-state index in [1.54, 1.807) is 19.9 Å². The van der Waals surface area contributed by atoms with Crippen molar-refractivity contribution >= 4 is 12.0 Å². The monoisotopic (exact) mass is 366 g/mol. The third-order valence-electron chi connectivity index (χ3n) is 3.97. The zero-order valence-corrected chi connectivity index (χ0v) is 15.4. The molecular formula is C18H18N6O3. The number of nitrogens with one attached hydrogen (secondary N) is 1. The van der Waals surface area contributed by atoms with Crippen LogP contribution in [0.1, 0.15) is 33.5 Å². The van der Waals surface area contributed by atoms with Crippen LogP contribution < -0.4 is 11.0 Å². The number of rotatable bonds is 5. The van der Waals surface area contributed by atoms with Crippen molar-refractivity contribution in [2.45, 2.75) is 20.5 Å². The highest BCUT2D eigenvalue weighted by molar-refractivity contribution is 5.86. The highest BCUT2D eigenvalue weighted by Crippen LogP contribution is 2.21. The van der Waals surface area contributed by atoms with Crippen molar-refractivity contribution in [2.75, 3.05) is 12.5 Å². The van der Waals surface area contributed by atoms with Crippen LogP contribution >= 0.6 is 0 Å². The lowest BCUT2D eigenvalue weighted by Gasteiger charge is -2.11. The van der Waals surface area contributed by atoms with Crippen LogP contribution in [0.2, 0.25) is 0 Å². The van der Waals surface area contributed by atoms with E-state index in [0.29, 0.717) is 22.4 Å². The van der Waals surface area contributed by atoms with E-state index in [0.717, 1.165) is 4.57 Å². The minimum absolute atomic E-state index is 0.0782. The highest BCUT2D eigenvalue weighted by Gasteiger charge is 2.16. The maximum absolute atomic E-state index is 12.0. The number of ether oxygens (including phenoxy) is 1. The molecule has 0 spiro atoms. The molecule has 0 amide bonds. The van der Waals surface area contributed by atoms with Gasteiger partial charge in [0.25, 0.3) is 5.56 Å². The van der Waals surface area contributed by atoms with E-state index >= 15 is 0 Å². The van der Waals surface area contributed by atoms with E-state index in [2.05, 4.69) is 21.6 Å².